The molecule has 2 nitrogen and oxygen atoms in total. The first-order valence-electron chi connectivity index (χ1n) is 6.77. The zero-order valence-electron chi connectivity index (χ0n) is 11.4. The Morgan fingerprint density at radius 2 is 1.76 bits per heavy atom. The van der Waals surface area contributed by atoms with E-state index in [9.17, 15) is 0 Å². The number of ether oxygens (including phenoxy) is 1. The largest absolute Gasteiger partial charge is 0.492 e. The summed E-state index contributed by atoms with van der Waals surface area (Å²) in [6.45, 7) is 10.5. The van der Waals surface area contributed by atoms with Gasteiger partial charge in [0.05, 0.1) is 0 Å². The second kappa shape index (κ2) is 8.13. The van der Waals surface area contributed by atoms with Gasteiger partial charge in [-0.05, 0) is 44.5 Å². The molecule has 2 heteroatoms. The molecule has 1 aliphatic rings. The number of hydrogen-bond donors (Lipinski definition) is 0. The minimum Gasteiger partial charge on any atom is -0.492 e. The van der Waals surface area contributed by atoms with Gasteiger partial charge in [-0.2, -0.15) is 0 Å². The normalized spacial score (nSPS) is 15.2. The first-order chi connectivity index (χ1) is 8.36. The standard InChI is InChI=1S/C13H19NO.C2H6/c1-12-6-2-3-7-13(12)15-11-10-14-8-4-5-9-14;1-2/h2-3,6-7H,4-5,8-11H2,1H3;1-2H3. The van der Waals surface area contributed by atoms with Crippen LogP contribution in [0.5, 0.6) is 5.75 Å². The first-order valence-corrected chi connectivity index (χ1v) is 6.77. The summed E-state index contributed by atoms with van der Waals surface area (Å²) in [5, 5.41) is 0. The molecule has 0 N–H and O–H groups in total. The number of benzene rings is 1. The fourth-order valence-corrected chi connectivity index (χ4v) is 2.01. The Balaban J connectivity index is 0.000000686. The minimum absolute atomic E-state index is 0.810. The molecule has 0 aliphatic carbocycles. The van der Waals surface area contributed by atoms with E-state index in [0.717, 1.165) is 18.9 Å². The van der Waals surface area contributed by atoms with Crippen LogP contribution in [0, 0.1) is 6.92 Å². The van der Waals surface area contributed by atoms with Gasteiger partial charge in [0.1, 0.15) is 12.4 Å². The summed E-state index contributed by atoms with van der Waals surface area (Å²) in [5.41, 5.74) is 1.22. The molecule has 0 spiro atoms. The lowest BCUT2D eigenvalue weighted by Crippen LogP contribution is -2.25. The first kappa shape index (κ1) is 14.0. The highest BCUT2D eigenvalue weighted by atomic mass is 16.5. The zero-order valence-corrected chi connectivity index (χ0v) is 11.4. The van der Waals surface area contributed by atoms with Crippen LogP contribution < -0.4 is 4.74 Å². The van der Waals surface area contributed by atoms with Crippen molar-refractivity contribution in [3.63, 3.8) is 0 Å². The average Bonchev–Trinajstić information content (AvgIpc) is 2.87. The molecule has 1 aromatic rings. The van der Waals surface area contributed by atoms with Gasteiger partial charge < -0.3 is 4.74 Å². The highest BCUT2D eigenvalue weighted by molar-refractivity contribution is 5.31. The Bertz CT molecular complexity index is 306. The third kappa shape index (κ3) is 4.78. The summed E-state index contributed by atoms with van der Waals surface area (Å²) in [7, 11) is 0. The number of rotatable bonds is 4. The van der Waals surface area contributed by atoms with Crippen LogP contribution in [0.1, 0.15) is 32.3 Å². The molecule has 0 amide bonds. The van der Waals surface area contributed by atoms with E-state index in [4.69, 9.17) is 4.74 Å². The van der Waals surface area contributed by atoms with Crippen molar-refractivity contribution in [3.8, 4) is 5.75 Å². The summed E-state index contributed by atoms with van der Waals surface area (Å²) >= 11 is 0. The monoisotopic (exact) mass is 235 g/mol. The van der Waals surface area contributed by atoms with E-state index in [1.54, 1.807) is 0 Å². The van der Waals surface area contributed by atoms with Crippen LogP contribution in [0.4, 0.5) is 0 Å². The number of hydrogen-bond acceptors (Lipinski definition) is 2. The summed E-state index contributed by atoms with van der Waals surface area (Å²) in [6, 6.07) is 8.20. The smallest absolute Gasteiger partial charge is 0.122 e. The summed E-state index contributed by atoms with van der Waals surface area (Å²) in [4.78, 5) is 2.47. The fraction of sp³-hybridized carbons (Fsp3) is 0.600. The van der Waals surface area contributed by atoms with Gasteiger partial charge in [-0.25, -0.2) is 0 Å². The lowest BCUT2D eigenvalue weighted by atomic mass is 10.2. The minimum atomic E-state index is 0.810. The molecule has 0 unspecified atom stereocenters. The Morgan fingerprint density at radius 1 is 1.12 bits per heavy atom. The van der Waals surface area contributed by atoms with Gasteiger partial charge in [0, 0.05) is 6.54 Å². The van der Waals surface area contributed by atoms with Gasteiger partial charge in [0.15, 0.2) is 0 Å². The molecule has 0 bridgehead atoms. The highest BCUT2D eigenvalue weighted by Gasteiger charge is 2.10. The van der Waals surface area contributed by atoms with Crippen molar-refractivity contribution < 1.29 is 4.74 Å². The third-order valence-corrected chi connectivity index (χ3v) is 2.96. The van der Waals surface area contributed by atoms with Crippen LogP contribution in [0.2, 0.25) is 0 Å². The number of likely N-dealkylation sites (tertiary alicyclic amines) is 1. The second-order valence-corrected chi connectivity index (χ2v) is 4.16. The SMILES string of the molecule is CC.Cc1ccccc1OCCN1CCCC1. The Labute approximate surface area is 106 Å². The second-order valence-electron chi connectivity index (χ2n) is 4.16. The maximum atomic E-state index is 5.76. The topological polar surface area (TPSA) is 12.5 Å². The van der Waals surface area contributed by atoms with Crippen LogP contribution in [-0.2, 0) is 0 Å². The summed E-state index contributed by atoms with van der Waals surface area (Å²) < 4.78 is 5.76. The van der Waals surface area contributed by atoms with Crippen molar-refractivity contribution in [1.82, 2.24) is 4.90 Å². The van der Waals surface area contributed by atoms with Crippen LogP contribution in [0.3, 0.4) is 0 Å². The average molecular weight is 235 g/mol. The number of nitrogens with zero attached hydrogens (tertiary/aromatic N) is 1. The maximum absolute atomic E-state index is 5.76. The number of para-hydroxylation sites is 1. The summed E-state index contributed by atoms with van der Waals surface area (Å²) in [6.07, 6.45) is 2.70. The molecular weight excluding hydrogens is 210 g/mol. The lowest BCUT2D eigenvalue weighted by molar-refractivity contribution is 0.237. The lowest BCUT2D eigenvalue weighted by Gasteiger charge is -2.15. The molecule has 2 rings (SSSR count). The molecule has 0 aromatic heterocycles. The third-order valence-electron chi connectivity index (χ3n) is 2.96. The Hall–Kier alpha value is -1.02. The molecular formula is C15H25NO. The van der Waals surface area contributed by atoms with E-state index in [1.807, 2.05) is 32.0 Å². The van der Waals surface area contributed by atoms with Gasteiger partial charge in [-0.1, -0.05) is 32.0 Å². The number of aryl methyl sites for hydroxylation is 1. The predicted molar refractivity (Wildman–Crippen MR) is 73.7 cm³/mol. The van der Waals surface area contributed by atoms with Crippen LogP contribution in [-0.4, -0.2) is 31.1 Å². The van der Waals surface area contributed by atoms with Gasteiger partial charge in [0.2, 0.25) is 0 Å². The molecule has 17 heavy (non-hydrogen) atoms. The Kier molecular flexibility index (Phi) is 6.71. The van der Waals surface area contributed by atoms with E-state index in [1.165, 1.54) is 31.5 Å². The quantitative estimate of drug-likeness (QED) is 0.792. The zero-order chi connectivity index (χ0) is 12.5. The predicted octanol–water partition coefficient (Wildman–Crippen LogP) is 3.50. The molecule has 1 aliphatic heterocycles. The van der Waals surface area contributed by atoms with Crippen molar-refractivity contribution in [2.45, 2.75) is 33.6 Å². The van der Waals surface area contributed by atoms with Crippen LogP contribution in [0.15, 0.2) is 24.3 Å². The van der Waals surface area contributed by atoms with E-state index in [-0.39, 0.29) is 0 Å². The van der Waals surface area contributed by atoms with E-state index < -0.39 is 0 Å². The molecule has 1 heterocycles. The summed E-state index contributed by atoms with van der Waals surface area (Å²) in [5.74, 6) is 1.02. The van der Waals surface area contributed by atoms with E-state index in [0.29, 0.717) is 0 Å². The fourth-order valence-electron chi connectivity index (χ4n) is 2.01. The highest BCUT2D eigenvalue weighted by Crippen LogP contribution is 2.16. The van der Waals surface area contributed by atoms with Crippen molar-refractivity contribution in [2.75, 3.05) is 26.2 Å². The van der Waals surface area contributed by atoms with Crippen LogP contribution >= 0.6 is 0 Å². The van der Waals surface area contributed by atoms with Crippen molar-refractivity contribution >= 4 is 0 Å². The van der Waals surface area contributed by atoms with Gasteiger partial charge in [0.25, 0.3) is 0 Å². The van der Waals surface area contributed by atoms with Crippen molar-refractivity contribution in [2.24, 2.45) is 0 Å². The molecule has 96 valence electrons. The molecule has 0 atom stereocenters. The van der Waals surface area contributed by atoms with Crippen molar-refractivity contribution in [1.29, 1.82) is 0 Å². The maximum Gasteiger partial charge on any atom is 0.122 e. The van der Waals surface area contributed by atoms with E-state index >= 15 is 0 Å². The van der Waals surface area contributed by atoms with Gasteiger partial charge >= 0.3 is 0 Å². The molecule has 1 aromatic carbocycles. The van der Waals surface area contributed by atoms with Crippen molar-refractivity contribution in [3.05, 3.63) is 29.8 Å². The molecule has 1 fully saturated rings. The molecule has 1 saturated heterocycles. The molecule has 0 radical (unpaired) electrons. The van der Waals surface area contributed by atoms with Gasteiger partial charge in [-0.3, -0.25) is 4.90 Å². The van der Waals surface area contributed by atoms with Gasteiger partial charge in [-0.15, -0.1) is 0 Å². The van der Waals surface area contributed by atoms with Crippen LogP contribution in [0.25, 0.3) is 0 Å². The molecule has 0 saturated carbocycles. The van der Waals surface area contributed by atoms with E-state index in [2.05, 4.69) is 17.9 Å². The Morgan fingerprint density at radius 3 is 2.41 bits per heavy atom.